The average Bonchev–Trinajstić information content (AvgIpc) is 3.49. The van der Waals surface area contributed by atoms with Crippen LogP contribution in [0.25, 0.3) is 0 Å². The van der Waals surface area contributed by atoms with Crippen molar-refractivity contribution >= 4 is 22.7 Å². The maximum atomic E-state index is 15.4. The maximum Gasteiger partial charge on any atom is 0.233 e. The van der Waals surface area contributed by atoms with Gasteiger partial charge in [-0.25, -0.2) is 14.4 Å². The Hall–Kier alpha value is -2.96. The molecule has 1 aliphatic carbocycles. The van der Waals surface area contributed by atoms with Gasteiger partial charge in [0.1, 0.15) is 11.5 Å². The zero-order valence-electron chi connectivity index (χ0n) is 18.7. The summed E-state index contributed by atoms with van der Waals surface area (Å²) >= 11 is 1.50. The number of ketones is 1. The summed E-state index contributed by atoms with van der Waals surface area (Å²) in [7, 11) is 1.65. The smallest absolute Gasteiger partial charge is 0.233 e. The van der Waals surface area contributed by atoms with E-state index in [1.807, 2.05) is 6.92 Å². The van der Waals surface area contributed by atoms with Crippen molar-refractivity contribution in [2.24, 2.45) is 16.6 Å². The van der Waals surface area contributed by atoms with Gasteiger partial charge in [0.25, 0.3) is 0 Å². The first kappa shape index (κ1) is 23.2. The van der Waals surface area contributed by atoms with Crippen molar-refractivity contribution < 1.29 is 18.7 Å². The monoisotopic (exact) mass is 468 g/mol. The van der Waals surface area contributed by atoms with Gasteiger partial charge >= 0.3 is 0 Å². The highest BCUT2D eigenvalue weighted by Crippen LogP contribution is 2.66. The Kier molecular flexibility index (Phi) is 6.16. The predicted octanol–water partition coefficient (Wildman–Crippen LogP) is 3.04. The van der Waals surface area contributed by atoms with Gasteiger partial charge in [-0.15, -0.1) is 6.42 Å². The van der Waals surface area contributed by atoms with E-state index in [4.69, 9.17) is 21.6 Å². The fourth-order valence-corrected chi connectivity index (χ4v) is 6.02. The summed E-state index contributed by atoms with van der Waals surface area (Å²) in [6, 6.07) is 3.40. The first-order chi connectivity index (χ1) is 15.7. The first-order valence-electron chi connectivity index (χ1n) is 10.5. The van der Waals surface area contributed by atoms with E-state index < -0.39 is 5.54 Å². The number of terminal acetylenes is 1. The van der Waals surface area contributed by atoms with Crippen LogP contribution in [0.5, 0.6) is 5.88 Å². The van der Waals surface area contributed by atoms with E-state index in [-0.39, 0.29) is 46.9 Å². The number of carbonyl (C=O) groups is 1. The highest BCUT2D eigenvalue weighted by atomic mass is 32.2. The molecule has 0 bridgehead atoms. The highest BCUT2D eigenvalue weighted by Gasteiger charge is 2.66. The zero-order valence-corrected chi connectivity index (χ0v) is 19.5. The number of nitrogens with zero attached hydrogens (tertiary/aromatic N) is 3. The lowest BCUT2D eigenvalue weighted by Crippen LogP contribution is -2.38. The lowest BCUT2D eigenvalue weighted by molar-refractivity contribution is 0.0987. The zero-order chi connectivity index (χ0) is 23.8. The number of hydrogen-bond donors (Lipinski definition) is 1. The Bertz CT molecular complexity index is 1160. The van der Waals surface area contributed by atoms with E-state index in [9.17, 15) is 4.79 Å². The van der Waals surface area contributed by atoms with Gasteiger partial charge in [0.05, 0.1) is 29.3 Å². The second-order valence-electron chi connectivity index (χ2n) is 8.56. The van der Waals surface area contributed by atoms with Crippen molar-refractivity contribution in [2.75, 3.05) is 20.3 Å². The molecule has 1 aromatic heterocycles. The number of carbonyl (C=O) groups excluding carboxylic acids is 1. The van der Waals surface area contributed by atoms with Crippen molar-refractivity contribution in [1.82, 2.24) is 9.97 Å². The molecule has 2 N–H and O–H groups in total. The Morgan fingerprint density at radius 1 is 1.39 bits per heavy atom. The number of amidine groups is 1. The first-order valence-corrected chi connectivity index (χ1v) is 11.3. The predicted molar refractivity (Wildman–Crippen MR) is 125 cm³/mol. The van der Waals surface area contributed by atoms with E-state index in [0.29, 0.717) is 28.5 Å². The SMILES string of the molecule is C#CCOc1cnc(C(=O)Cc2cc(C)c(F)c([C@@]3(C)N=C(N)S[C@@]4(COC)C[C@H]43)c2)cn1. The minimum absolute atomic E-state index is 0.0469. The van der Waals surface area contributed by atoms with Gasteiger partial charge in [-0.05, 0) is 37.5 Å². The fourth-order valence-electron chi connectivity index (χ4n) is 4.57. The van der Waals surface area contributed by atoms with E-state index in [2.05, 4.69) is 20.9 Å². The van der Waals surface area contributed by atoms with Gasteiger partial charge in [-0.1, -0.05) is 23.7 Å². The van der Waals surface area contributed by atoms with Crippen molar-refractivity contribution in [1.29, 1.82) is 0 Å². The number of aliphatic imine (C=N–C) groups is 1. The van der Waals surface area contributed by atoms with Crippen LogP contribution in [0.15, 0.2) is 29.5 Å². The second kappa shape index (κ2) is 8.76. The summed E-state index contributed by atoms with van der Waals surface area (Å²) < 4.78 is 25.8. The third-order valence-corrected chi connectivity index (χ3v) is 7.46. The largest absolute Gasteiger partial charge is 0.463 e. The fraction of sp³-hybridized carbons (Fsp3) is 0.417. The van der Waals surface area contributed by atoms with Crippen LogP contribution in [0, 0.1) is 31.0 Å². The number of aryl methyl sites for hydroxylation is 1. The molecule has 172 valence electrons. The van der Waals surface area contributed by atoms with Gasteiger partial charge in [-0.2, -0.15) is 0 Å². The molecule has 0 saturated heterocycles. The summed E-state index contributed by atoms with van der Waals surface area (Å²) in [6.45, 7) is 4.18. The van der Waals surface area contributed by atoms with E-state index in [0.717, 1.165) is 6.42 Å². The van der Waals surface area contributed by atoms with Crippen molar-refractivity contribution in [2.45, 2.75) is 37.0 Å². The van der Waals surface area contributed by atoms with Crippen LogP contribution in [0.1, 0.15) is 40.5 Å². The molecular weight excluding hydrogens is 443 g/mol. The molecule has 0 amide bonds. The Labute approximate surface area is 196 Å². The minimum atomic E-state index is -0.836. The molecule has 33 heavy (non-hydrogen) atoms. The summed E-state index contributed by atoms with van der Waals surface area (Å²) in [5.74, 6) is 2.10. The number of Topliss-reactive ketones (excluding diaryl/α,β-unsaturated/α-hetero) is 1. The van der Waals surface area contributed by atoms with Crippen LogP contribution < -0.4 is 10.5 Å². The topological polar surface area (TPSA) is 99.7 Å². The standard InChI is InChI=1S/C24H25FN4O3S/c1-5-6-32-20-12-27-17(11-28-20)18(30)9-15-7-14(2)21(25)16(8-15)23(3)19-10-24(19,13-31-4)33-22(26)29-23/h1,7-8,11-12,19H,6,9-10,13H2,2-4H3,(H2,26,29)/t19-,23+,24+/m0/s1. The molecule has 1 aromatic carbocycles. The lowest BCUT2D eigenvalue weighted by Gasteiger charge is -2.34. The summed E-state index contributed by atoms with van der Waals surface area (Å²) in [5, 5.41) is 0.421. The summed E-state index contributed by atoms with van der Waals surface area (Å²) in [5.41, 5.74) is 7.07. The van der Waals surface area contributed by atoms with Gasteiger partial charge in [-0.3, -0.25) is 9.79 Å². The Morgan fingerprint density at radius 2 is 2.18 bits per heavy atom. The van der Waals surface area contributed by atoms with Crippen LogP contribution in [0.3, 0.4) is 0 Å². The molecule has 1 saturated carbocycles. The van der Waals surface area contributed by atoms with Crippen LogP contribution in [-0.4, -0.2) is 46.0 Å². The highest BCUT2D eigenvalue weighted by molar-refractivity contribution is 8.15. The van der Waals surface area contributed by atoms with Crippen molar-refractivity contribution in [3.8, 4) is 18.2 Å². The van der Waals surface area contributed by atoms with Crippen LogP contribution >= 0.6 is 11.8 Å². The number of thioether (sulfide) groups is 1. The van der Waals surface area contributed by atoms with Gasteiger partial charge in [0.2, 0.25) is 5.88 Å². The molecule has 2 aliphatic rings. The summed E-state index contributed by atoms with van der Waals surface area (Å²) in [6.07, 6.45) is 8.73. The average molecular weight is 469 g/mol. The van der Waals surface area contributed by atoms with E-state index in [1.165, 1.54) is 24.2 Å². The lowest BCUT2D eigenvalue weighted by atomic mass is 9.83. The number of rotatable bonds is 8. The molecule has 0 spiro atoms. The van der Waals surface area contributed by atoms with E-state index >= 15 is 4.39 Å². The molecule has 9 heteroatoms. The molecule has 1 fully saturated rings. The number of ether oxygens (including phenoxy) is 2. The Morgan fingerprint density at radius 3 is 2.85 bits per heavy atom. The molecule has 3 atom stereocenters. The summed E-state index contributed by atoms with van der Waals surface area (Å²) in [4.78, 5) is 25.7. The van der Waals surface area contributed by atoms with Crippen LogP contribution in [-0.2, 0) is 16.7 Å². The number of hydrogen-bond acceptors (Lipinski definition) is 8. The molecule has 2 heterocycles. The number of aromatic nitrogens is 2. The molecule has 0 unspecified atom stereocenters. The van der Waals surface area contributed by atoms with Gasteiger partial charge in [0, 0.05) is 25.0 Å². The van der Waals surface area contributed by atoms with Crippen molar-refractivity contribution in [3.63, 3.8) is 0 Å². The third kappa shape index (κ3) is 4.33. The Balaban J connectivity index is 1.61. The number of nitrogens with two attached hydrogens (primary N) is 1. The number of benzene rings is 1. The number of halogens is 1. The van der Waals surface area contributed by atoms with E-state index in [1.54, 1.807) is 26.2 Å². The molecule has 1 aliphatic heterocycles. The molecule has 2 aromatic rings. The number of fused-ring (bicyclic) bond motifs is 1. The second-order valence-corrected chi connectivity index (χ2v) is 10.00. The van der Waals surface area contributed by atoms with Gasteiger partial charge in [0.15, 0.2) is 17.6 Å². The number of methoxy groups -OCH3 is 1. The van der Waals surface area contributed by atoms with Gasteiger partial charge < -0.3 is 15.2 Å². The van der Waals surface area contributed by atoms with Crippen molar-refractivity contribution in [3.05, 3.63) is 52.7 Å². The molecule has 0 radical (unpaired) electrons. The normalized spacial score (nSPS) is 25.5. The van der Waals surface area contributed by atoms with Crippen LogP contribution in [0.4, 0.5) is 4.39 Å². The molecule has 4 rings (SSSR count). The van der Waals surface area contributed by atoms with Crippen LogP contribution in [0.2, 0.25) is 0 Å². The molecular formula is C24H25FN4O3S. The third-order valence-electron chi connectivity index (χ3n) is 6.18. The molecule has 7 nitrogen and oxygen atoms in total. The quantitative estimate of drug-likeness (QED) is 0.470. The minimum Gasteiger partial charge on any atom is -0.463 e. The maximum absolute atomic E-state index is 15.4.